The van der Waals surface area contributed by atoms with Gasteiger partial charge in [0.1, 0.15) is 5.78 Å². The zero-order valence-corrected chi connectivity index (χ0v) is 7.50. The van der Waals surface area contributed by atoms with Crippen molar-refractivity contribution in [3.8, 4) is 0 Å². The molecule has 0 aliphatic heterocycles. The van der Waals surface area contributed by atoms with E-state index in [9.17, 15) is 9.59 Å². The molecule has 0 heterocycles. The summed E-state index contributed by atoms with van der Waals surface area (Å²) in [5.74, 6) is -0.342. The molecule has 12 heavy (non-hydrogen) atoms. The molecule has 0 spiro atoms. The Morgan fingerprint density at radius 1 is 1.67 bits per heavy atom. The predicted molar refractivity (Wildman–Crippen MR) is 43.5 cm³/mol. The van der Waals surface area contributed by atoms with E-state index < -0.39 is 0 Å². The predicted octanol–water partition coefficient (Wildman–Crippen LogP) is 1.16. The zero-order chi connectivity index (χ0) is 9.14. The number of rotatable bonds is 2. The molecule has 0 N–H and O–H groups in total. The number of esters is 1. The van der Waals surface area contributed by atoms with Crippen LogP contribution in [-0.4, -0.2) is 18.4 Å². The van der Waals surface area contributed by atoms with Gasteiger partial charge in [-0.1, -0.05) is 6.92 Å². The average Bonchev–Trinajstić information content (AvgIpc) is 2.34. The fourth-order valence-corrected chi connectivity index (χ4v) is 1.57. The molecule has 0 amide bonds. The van der Waals surface area contributed by atoms with E-state index in [-0.39, 0.29) is 23.6 Å². The molecule has 0 saturated heterocycles. The Morgan fingerprint density at radius 2 is 2.33 bits per heavy atom. The maximum atomic E-state index is 11.2. The molecular formula is C9H14O3. The van der Waals surface area contributed by atoms with Crippen molar-refractivity contribution >= 4 is 11.8 Å². The topological polar surface area (TPSA) is 43.4 Å². The molecule has 68 valence electrons. The summed E-state index contributed by atoms with van der Waals surface area (Å²) < 4.78 is 4.85. The van der Waals surface area contributed by atoms with Gasteiger partial charge < -0.3 is 4.74 Å². The minimum atomic E-state index is -0.212. The van der Waals surface area contributed by atoms with Crippen LogP contribution in [0.2, 0.25) is 0 Å². The second kappa shape index (κ2) is 3.70. The lowest BCUT2D eigenvalue weighted by molar-refractivity contribution is -0.150. The second-order valence-corrected chi connectivity index (χ2v) is 3.15. The third-order valence-corrected chi connectivity index (χ3v) is 2.40. The smallest absolute Gasteiger partial charge is 0.309 e. The molecule has 1 aliphatic rings. The molecule has 0 bridgehead atoms. The average molecular weight is 170 g/mol. The molecule has 0 aromatic heterocycles. The lowest BCUT2D eigenvalue weighted by Crippen LogP contribution is -2.22. The van der Waals surface area contributed by atoms with Gasteiger partial charge in [0.05, 0.1) is 12.5 Å². The van der Waals surface area contributed by atoms with Gasteiger partial charge >= 0.3 is 5.97 Å². The summed E-state index contributed by atoms with van der Waals surface area (Å²) in [5.41, 5.74) is 0. The highest BCUT2D eigenvalue weighted by Gasteiger charge is 2.36. The van der Waals surface area contributed by atoms with Gasteiger partial charge in [-0.25, -0.2) is 0 Å². The summed E-state index contributed by atoms with van der Waals surface area (Å²) in [6, 6.07) is 0. The maximum Gasteiger partial charge on any atom is 0.309 e. The molecule has 3 nitrogen and oxygen atoms in total. The van der Waals surface area contributed by atoms with Crippen LogP contribution in [0.15, 0.2) is 0 Å². The van der Waals surface area contributed by atoms with Crippen LogP contribution >= 0.6 is 0 Å². The highest BCUT2D eigenvalue weighted by molar-refractivity contribution is 5.89. The van der Waals surface area contributed by atoms with Crippen molar-refractivity contribution in [1.29, 1.82) is 0 Å². The maximum absolute atomic E-state index is 11.2. The Kier molecular flexibility index (Phi) is 2.84. The summed E-state index contributed by atoms with van der Waals surface area (Å²) >= 11 is 0. The first-order valence-corrected chi connectivity index (χ1v) is 4.36. The van der Waals surface area contributed by atoms with Crippen molar-refractivity contribution < 1.29 is 14.3 Å². The third-order valence-electron chi connectivity index (χ3n) is 2.40. The van der Waals surface area contributed by atoms with Gasteiger partial charge in [0.15, 0.2) is 0 Å². The van der Waals surface area contributed by atoms with E-state index in [1.165, 1.54) is 0 Å². The SMILES string of the molecule is CCOC(=O)[C@H]1CCC(=O)[C@@H]1C. The first-order valence-electron chi connectivity index (χ1n) is 4.36. The van der Waals surface area contributed by atoms with Gasteiger partial charge in [-0.05, 0) is 13.3 Å². The molecule has 0 aromatic rings. The molecule has 3 heteroatoms. The van der Waals surface area contributed by atoms with E-state index in [2.05, 4.69) is 0 Å². The Morgan fingerprint density at radius 3 is 2.75 bits per heavy atom. The third kappa shape index (κ3) is 1.65. The summed E-state index contributed by atoms with van der Waals surface area (Å²) in [5, 5.41) is 0. The molecule has 1 saturated carbocycles. The molecule has 0 radical (unpaired) electrons. The lowest BCUT2D eigenvalue weighted by atomic mass is 9.98. The highest BCUT2D eigenvalue weighted by atomic mass is 16.5. The number of carbonyl (C=O) groups excluding carboxylic acids is 2. The molecular weight excluding hydrogens is 156 g/mol. The Hall–Kier alpha value is -0.860. The van der Waals surface area contributed by atoms with Crippen molar-refractivity contribution in [3.63, 3.8) is 0 Å². The number of carbonyl (C=O) groups is 2. The van der Waals surface area contributed by atoms with Crippen molar-refractivity contribution in [2.75, 3.05) is 6.61 Å². The van der Waals surface area contributed by atoms with Gasteiger partial charge in [0.2, 0.25) is 0 Å². The largest absolute Gasteiger partial charge is 0.466 e. The minimum Gasteiger partial charge on any atom is -0.466 e. The zero-order valence-electron chi connectivity index (χ0n) is 7.50. The lowest BCUT2D eigenvalue weighted by Gasteiger charge is -2.11. The van der Waals surface area contributed by atoms with Crippen LogP contribution in [0.4, 0.5) is 0 Å². The quantitative estimate of drug-likeness (QED) is 0.584. The summed E-state index contributed by atoms with van der Waals surface area (Å²) in [7, 11) is 0. The number of ketones is 1. The summed E-state index contributed by atoms with van der Waals surface area (Å²) in [6.45, 7) is 3.98. The number of hydrogen-bond acceptors (Lipinski definition) is 3. The van der Waals surface area contributed by atoms with Crippen LogP contribution in [-0.2, 0) is 14.3 Å². The van der Waals surface area contributed by atoms with E-state index in [0.29, 0.717) is 19.4 Å². The standard InChI is InChI=1S/C9H14O3/c1-3-12-9(11)7-4-5-8(10)6(7)2/h6-7H,3-5H2,1-2H3/t6-,7+/m1/s1. The number of Topliss-reactive ketones (excluding diaryl/α,β-unsaturated/α-hetero) is 1. The first kappa shape index (κ1) is 9.23. The van der Waals surface area contributed by atoms with E-state index in [1.807, 2.05) is 0 Å². The van der Waals surface area contributed by atoms with Crippen LogP contribution in [0.25, 0.3) is 0 Å². The fraction of sp³-hybridized carbons (Fsp3) is 0.778. The molecule has 0 unspecified atom stereocenters. The Balaban J connectivity index is 2.53. The van der Waals surface area contributed by atoms with Crippen molar-refractivity contribution in [3.05, 3.63) is 0 Å². The number of hydrogen-bond donors (Lipinski definition) is 0. The van der Waals surface area contributed by atoms with E-state index >= 15 is 0 Å². The van der Waals surface area contributed by atoms with Gasteiger partial charge in [-0.2, -0.15) is 0 Å². The van der Waals surface area contributed by atoms with Gasteiger partial charge in [-0.15, -0.1) is 0 Å². The minimum absolute atomic E-state index is 0.135. The number of ether oxygens (including phenoxy) is 1. The van der Waals surface area contributed by atoms with E-state index in [4.69, 9.17) is 4.74 Å². The normalized spacial score (nSPS) is 29.0. The first-order chi connectivity index (χ1) is 5.66. The molecule has 1 rings (SSSR count). The fourth-order valence-electron chi connectivity index (χ4n) is 1.57. The summed E-state index contributed by atoms with van der Waals surface area (Å²) in [6.07, 6.45) is 1.20. The molecule has 2 atom stereocenters. The van der Waals surface area contributed by atoms with Crippen LogP contribution in [0.3, 0.4) is 0 Å². The second-order valence-electron chi connectivity index (χ2n) is 3.15. The monoisotopic (exact) mass is 170 g/mol. The van der Waals surface area contributed by atoms with Crippen molar-refractivity contribution in [1.82, 2.24) is 0 Å². The Bertz CT molecular complexity index is 198. The van der Waals surface area contributed by atoms with Crippen molar-refractivity contribution in [2.24, 2.45) is 11.8 Å². The van der Waals surface area contributed by atoms with Gasteiger partial charge in [-0.3, -0.25) is 9.59 Å². The molecule has 1 aliphatic carbocycles. The van der Waals surface area contributed by atoms with E-state index in [0.717, 1.165) is 0 Å². The molecule has 0 aromatic carbocycles. The molecule has 1 fully saturated rings. The van der Waals surface area contributed by atoms with Crippen LogP contribution in [0, 0.1) is 11.8 Å². The van der Waals surface area contributed by atoms with Crippen LogP contribution in [0.5, 0.6) is 0 Å². The van der Waals surface area contributed by atoms with Crippen molar-refractivity contribution in [2.45, 2.75) is 26.7 Å². The highest BCUT2D eigenvalue weighted by Crippen LogP contribution is 2.29. The van der Waals surface area contributed by atoms with Gasteiger partial charge in [0, 0.05) is 12.3 Å². The van der Waals surface area contributed by atoms with Crippen LogP contribution < -0.4 is 0 Å². The van der Waals surface area contributed by atoms with Gasteiger partial charge in [0.25, 0.3) is 0 Å². The Labute approximate surface area is 72.1 Å². The summed E-state index contributed by atoms with van der Waals surface area (Å²) in [4.78, 5) is 22.3. The van der Waals surface area contributed by atoms with E-state index in [1.54, 1.807) is 13.8 Å². The van der Waals surface area contributed by atoms with Crippen LogP contribution in [0.1, 0.15) is 26.7 Å².